The molecule has 1 aromatic rings. The summed E-state index contributed by atoms with van der Waals surface area (Å²) in [6.07, 6.45) is 4.68. The lowest BCUT2D eigenvalue weighted by molar-refractivity contribution is 0.908. The predicted molar refractivity (Wildman–Crippen MR) is 50.7 cm³/mol. The van der Waals surface area contributed by atoms with Crippen LogP contribution in [0, 0.1) is 0 Å². The molecule has 1 fully saturated rings. The highest BCUT2D eigenvalue weighted by Crippen LogP contribution is 2.30. The van der Waals surface area contributed by atoms with Crippen LogP contribution in [0.1, 0.15) is 24.4 Å². The zero-order chi connectivity index (χ0) is 8.39. The van der Waals surface area contributed by atoms with Crippen LogP contribution in [-0.2, 0) is 0 Å². The van der Waals surface area contributed by atoms with Crippen LogP contribution in [0.5, 0.6) is 0 Å². The van der Waals surface area contributed by atoms with E-state index >= 15 is 0 Å². The van der Waals surface area contributed by atoms with E-state index in [1.165, 1.54) is 24.0 Å². The van der Waals surface area contributed by atoms with E-state index in [0.29, 0.717) is 0 Å². The van der Waals surface area contributed by atoms with Gasteiger partial charge in [0.15, 0.2) is 0 Å². The van der Waals surface area contributed by atoms with Gasteiger partial charge in [-0.05, 0) is 18.4 Å². The van der Waals surface area contributed by atoms with Crippen molar-refractivity contribution < 1.29 is 0 Å². The summed E-state index contributed by atoms with van der Waals surface area (Å²) in [5, 5.41) is 0. The number of benzene rings is 1. The average molecular weight is 159 g/mol. The van der Waals surface area contributed by atoms with E-state index in [1.54, 1.807) is 0 Å². The Morgan fingerprint density at radius 2 is 1.83 bits per heavy atom. The monoisotopic (exact) mass is 159 g/mol. The molecule has 0 aliphatic heterocycles. The summed E-state index contributed by atoms with van der Waals surface area (Å²) >= 11 is 0. The molecule has 12 heavy (non-hydrogen) atoms. The maximum Gasteiger partial charge on any atom is 0.0483 e. The van der Waals surface area contributed by atoms with Gasteiger partial charge in [0.25, 0.3) is 0 Å². The number of nitrogens with two attached hydrogens (primary N) is 1. The fourth-order valence-corrected chi connectivity index (χ4v) is 1.26. The highest BCUT2D eigenvalue weighted by molar-refractivity contribution is 5.27. The maximum absolute atomic E-state index is 5.96. The first-order chi connectivity index (χ1) is 5.86. The standard InChI is InChI=1S/C11H13N/c12-11(8-9-6-7-9)10-4-2-1-3-5-10/h1-5,8,11H,6-7,12H2/t11-/m1/s1. The lowest BCUT2D eigenvalue weighted by Crippen LogP contribution is -2.06. The quantitative estimate of drug-likeness (QED) is 0.659. The van der Waals surface area contributed by atoms with E-state index in [1.807, 2.05) is 18.2 Å². The molecule has 0 aromatic heterocycles. The molecule has 0 bridgehead atoms. The first kappa shape index (κ1) is 7.56. The zero-order valence-electron chi connectivity index (χ0n) is 7.03. The Labute approximate surface area is 72.9 Å². The van der Waals surface area contributed by atoms with E-state index in [9.17, 15) is 0 Å². The third-order valence-corrected chi connectivity index (χ3v) is 2.14. The molecule has 0 amide bonds. The van der Waals surface area contributed by atoms with Crippen LogP contribution in [0.4, 0.5) is 0 Å². The molecular formula is C11H13N. The molecule has 0 heterocycles. The SMILES string of the molecule is N[C@H](C=C1CC1)c1ccccc1. The fourth-order valence-electron chi connectivity index (χ4n) is 1.26. The molecule has 2 rings (SSSR count). The van der Waals surface area contributed by atoms with Crippen molar-refractivity contribution in [2.45, 2.75) is 18.9 Å². The Bertz CT molecular complexity index is 281. The second-order valence-electron chi connectivity index (χ2n) is 3.26. The third kappa shape index (κ3) is 1.74. The summed E-state index contributed by atoms with van der Waals surface area (Å²) in [4.78, 5) is 0. The Morgan fingerprint density at radius 1 is 1.17 bits per heavy atom. The number of hydrogen-bond donors (Lipinski definition) is 1. The van der Waals surface area contributed by atoms with Crippen LogP contribution in [0.3, 0.4) is 0 Å². The molecular weight excluding hydrogens is 146 g/mol. The summed E-state index contributed by atoms with van der Waals surface area (Å²) < 4.78 is 0. The van der Waals surface area contributed by atoms with Crippen molar-refractivity contribution in [3.05, 3.63) is 47.5 Å². The molecule has 0 unspecified atom stereocenters. The van der Waals surface area contributed by atoms with Gasteiger partial charge in [0.1, 0.15) is 0 Å². The maximum atomic E-state index is 5.96. The molecule has 1 aliphatic rings. The van der Waals surface area contributed by atoms with Gasteiger partial charge in [-0.2, -0.15) is 0 Å². The Balaban J connectivity index is 2.14. The molecule has 0 spiro atoms. The lowest BCUT2D eigenvalue weighted by Gasteiger charge is -2.05. The smallest absolute Gasteiger partial charge is 0.0483 e. The molecule has 1 atom stereocenters. The van der Waals surface area contributed by atoms with E-state index in [0.717, 1.165) is 0 Å². The van der Waals surface area contributed by atoms with Gasteiger partial charge in [0.05, 0.1) is 0 Å². The Hall–Kier alpha value is -1.08. The lowest BCUT2D eigenvalue weighted by atomic mass is 10.1. The van der Waals surface area contributed by atoms with Crippen molar-refractivity contribution in [3.63, 3.8) is 0 Å². The second-order valence-corrected chi connectivity index (χ2v) is 3.26. The Kier molecular flexibility index (Phi) is 1.96. The average Bonchev–Trinajstić information content (AvgIpc) is 2.90. The summed E-state index contributed by atoms with van der Waals surface area (Å²) in [7, 11) is 0. The van der Waals surface area contributed by atoms with Crippen molar-refractivity contribution >= 4 is 0 Å². The highest BCUT2D eigenvalue weighted by Gasteiger charge is 2.12. The van der Waals surface area contributed by atoms with Crippen LogP contribution < -0.4 is 5.73 Å². The van der Waals surface area contributed by atoms with Gasteiger partial charge in [0.2, 0.25) is 0 Å². The van der Waals surface area contributed by atoms with Crippen LogP contribution in [-0.4, -0.2) is 0 Å². The summed E-state index contributed by atoms with van der Waals surface area (Å²) in [5.41, 5.74) is 8.67. The molecule has 1 saturated carbocycles. The van der Waals surface area contributed by atoms with Gasteiger partial charge in [-0.25, -0.2) is 0 Å². The van der Waals surface area contributed by atoms with Crippen molar-refractivity contribution in [1.82, 2.24) is 0 Å². The van der Waals surface area contributed by atoms with Crippen molar-refractivity contribution in [1.29, 1.82) is 0 Å². The molecule has 1 aromatic carbocycles. The molecule has 0 radical (unpaired) electrons. The van der Waals surface area contributed by atoms with E-state index in [-0.39, 0.29) is 6.04 Å². The van der Waals surface area contributed by atoms with Gasteiger partial charge in [-0.3, -0.25) is 0 Å². The van der Waals surface area contributed by atoms with Crippen LogP contribution >= 0.6 is 0 Å². The third-order valence-electron chi connectivity index (χ3n) is 2.14. The van der Waals surface area contributed by atoms with Crippen molar-refractivity contribution in [2.24, 2.45) is 5.73 Å². The van der Waals surface area contributed by atoms with E-state index in [2.05, 4.69) is 18.2 Å². The first-order valence-electron chi connectivity index (χ1n) is 4.36. The van der Waals surface area contributed by atoms with Gasteiger partial charge in [-0.15, -0.1) is 0 Å². The van der Waals surface area contributed by atoms with E-state index in [4.69, 9.17) is 5.73 Å². The van der Waals surface area contributed by atoms with Gasteiger partial charge in [0, 0.05) is 6.04 Å². The number of hydrogen-bond acceptors (Lipinski definition) is 1. The van der Waals surface area contributed by atoms with Crippen LogP contribution in [0.15, 0.2) is 42.0 Å². The predicted octanol–water partition coefficient (Wildman–Crippen LogP) is 2.41. The number of rotatable bonds is 2. The molecule has 62 valence electrons. The van der Waals surface area contributed by atoms with Gasteiger partial charge >= 0.3 is 0 Å². The summed E-state index contributed by atoms with van der Waals surface area (Å²) in [6.45, 7) is 0. The first-order valence-corrected chi connectivity index (χ1v) is 4.36. The fraction of sp³-hybridized carbons (Fsp3) is 0.273. The molecule has 2 N–H and O–H groups in total. The zero-order valence-corrected chi connectivity index (χ0v) is 7.03. The second kappa shape index (κ2) is 3.11. The minimum atomic E-state index is 0.101. The highest BCUT2D eigenvalue weighted by atomic mass is 14.6. The molecule has 1 heteroatoms. The van der Waals surface area contributed by atoms with Gasteiger partial charge in [-0.1, -0.05) is 42.0 Å². The van der Waals surface area contributed by atoms with Crippen molar-refractivity contribution in [3.8, 4) is 0 Å². The topological polar surface area (TPSA) is 26.0 Å². The van der Waals surface area contributed by atoms with Crippen LogP contribution in [0.25, 0.3) is 0 Å². The van der Waals surface area contributed by atoms with E-state index < -0.39 is 0 Å². The van der Waals surface area contributed by atoms with Crippen LogP contribution in [0.2, 0.25) is 0 Å². The van der Waals surface area contributed by atoms with Gasteiger partial charge < -0.3 is 5.73 Å². The Morgan fingerprint density at radius 3 is 2.42 bits per heavy atom. The summed E-state index contributed by atoms with van der Waals surface area (Å²) in [6, 6.07) is 10.3. The minimum absolute atomic E-state index is 0.101. The largest absolute Gasteiger partial charge is 0.321 e. The number of allylic oxidation sites excluding steroid dienone is 1. The minimum Gasteiger partial charge on any atom is -0.321 e. The molecule has 0 saturated heterocycles. The normalized spacial score (nSPS) is 17.2. The summed E-state index contributed by atoms with van der Waals surface area (Å²) in [5.74, 6) is 0. The molecule has 1 aliphatic carbocycles. The van der Waals surface area contributed by atoms with Crippen molar-refractivity contribution in [2.75, 3.05) is 0 Å². The molecule has 1 nitrogen and oxygen atoms in total.